The molecule has 0 atom stereocenters. The molecule has 76 valence electrons. The predicted molar refractivity (Wildman–Crippen MR) is 57.5 cm³/mol. The van der Waals surface area contributed by atoms with Crippen molar-refractivity contribution in [3.63, 3.8) is 0 Å². The van der Waals surface area contributed by atoms with Gasteiger partial charge in [-0.2, -0.15) is 15.0 Å². The van der Waals surface area contributed by atoms with Gasteiger partial charge in [0.25, 0.3) is 0 Å². The number of hydrogen-bond donors (Lipinski definition) is 3. The molecule has 0 bridgehead atoms. The Labute approximate surface area is 86.3 Å². The summed E-state index contributed by atoms with van der Waals surface area (Å²) in [5.74, 6) is 6.09. The quantitative estimate of drug-likeness (QED) is 0.481. The number of nitrogens with one attached hydrogen (secondary N) is 1. The van der Waals surface area contributed by atoms with E-state index in [1.165, 1.54) is 0 Å². The highest BCUT2D eigenvalue weighted by Crippen LogP contribution is 2.15. The van der Waals surface area contributed by atoms with Gasteiger partial charge in [-0.1, -0.05) is 30.3 Å². The fraction of sp³-hybridized carbons (Fsp3) is 0. The maximum Gasteiger partial charge on any atom is 0.242 e. The maximum absolute atomic E-state index is 5.51. The van der Waals surface area contributed by atoms with Crippen molar-refractivity contribution in [3.8, 4) is 11.4 Å². The van der Waals surface area contributed by atoms with E-state index in [2.05, 4.69) is 20.4 Å². The van der Waals surface area contributed by atoms with Crippen LogP contribution in [-0.4, -0.2) is 15.0 Å². The fourth-order valence-corrected chi connectivity index (χ4v) is 1.17. The van der Waals surface area contributed by atoms with Crippen molar-refractivity contribution < 1.29 is 0 Å². The van der Waals surface area contributed by atoms with Crippen LogP contribution in [0, 0.1) is 0 Å². The molecule has 0 amide bonds. The molecule has 2 aromatic rings. The number of nitrogens with two attached hydrogens (primary N) is 2. The number of nitrogens with zero attached hydrogens (tertiary/aromatic N) is 3. The van der Waals surface area contributed by atoms with Crippen LogP contribution in [0.25, 0.3) is 11.4 Å². The zero-order valence-electron chi connectivity index (χ0n) is 7.88. The number of hydrogen-bond acceptors (Lipinski definition) is 6. The average Bonchev–Trinajstić information content (AvgIpc) is 2.29. The molecule has 0 aliphatic rings. The SMILES string of the molecule is NNc1nc(N)nc(-c2ccccc2)n1. The normalized spacial score (nSPS) is 9.93. The van der Waals surface area contributed by atoms with Gasteiger partial charge in [0.2, 0.25) is 11.9 Å². The lowest BCUT2D eigenvalue weighted by molar-refractivity contribution is 1.05. The molecule has 2 rings (SSSR count). The summed E-state index contributed by atoms with van der Waals surface area (Å²) in [5, 5.41) is 0. The van der Waals surface area contributed by atoms with E-state index in [0.29, 0.717) is 5.82 Å². The van der Waals surface area contributed by atoms with E-state index in [0.717, 1.165) is 5.56 Å². The Morgan fingerprint density at radius 1 is 1.00 bits per heavy atom. The topological polar surface area (TPSA) is 103 Å². The van der Waals surface area contributed by atoms with Gasteiger partial charge in [-0.25, -0.2) is 5.84 Å². The molecule has 0 saturated carbocycles. The zero-order valence-corrected chi connectivity index (χ0v) is 7.88. The van der Waals surface area contributed by atoms with Crippen LogP contribution < -0.4 is 17.0 Å². The van der Waals surface area contributed by atoms with Gasteiger partial charge < -0.3 is 5.73 Å². The van der Waals surface area contributed by atoms with Crippen molar-refractivity contribution in [2.24, 2.45) is 5.84 Å². The average molecular weight is 202 g/mol. The molecule has 0 aliphatic heterocycles. The number of hydrazine groups is 1. The van der Waals surface area contributed by atoms with Crippen molar-refractivity contribution in [1.29, 1.82) is 0 Å². The van der Waals surface area contributed by atoms with E-state index < -0.39 is 0 Å². The second-order valence-electron chi connectivity index (χ2n) is 2.85. The third-order valence-corrected chi connectivity index (χ3v) is 1.81. The predicted octanol–water partition coefficient (Wildman–Crippen LogP) is 0.406. The Morgan fingerprint density at radius 3 is 2.40 bits per heavy atom. The molecule has 0 aliphatic carbocycles. The Bertz CT molecular complexity index is 455. The molecule has 6 heteroatoms. The smallest absolute Gasteiger partial charge is 0.242 e. The summed E-state index contributed by atoms with van der Waals surface area (Å²) in [6.45, 7) is 0. The van der Waals surface area contributed by atoms with Crippen LogP contribution in [0.15, 0.2) is 30.3 Å². The molecule has 0 spiro atoms. The minimum atomic E-state index is 0.136. The van der Waals surface area contributed by atoms with Crippen LogP contribution in [0.3, 0.4) is 0 Å². The summed E-state index contributed by atoms with van der Waals surface area (Å²) < 4.78 is 0. The highest BCUT2D eigenvalue weighted by molar-refractivity contribution is 5.57. The summed E-state index contributed by atoms with van der Waals surface area (Å²) in [6, 6.07) is 9.47. The Kier molecular flexibility index (Phi) is 2.42. The Morgan fingerprint density at radius 2 is 1.73 bits per heavy atom. The van der Waals surface area contributed by atoms with E-state index in [1.807, 2.05) is 30.3 Å². The van der Waals surface area contributed by atoms with Crippen LogP contribution in [0.5, 0.6) is 0 Å². The molecular formula is C9H10N6. The van der Waals surface area contributed by atoms with Crippen molar-refractivity contribution in [2.45, 2.75) is 0 Å². The van der Waals surface area contributed by atoms with E-state index in [1.54, 1.807) is 0 Å². The van der Waals surface area contributed by atoms with Gasteiger partial charge in [0.1, 0.15) is 0 Å². The number of benzene rings is 1. The number of nitrogen functional groups attached to an aromatic ring is 2. The second-order valence-corrected chi connectivity index (χ2v) is 2.85. The molecule has 1 aromatic heterocycles. The van der Waals surface area contributed by atoms with Crippen LogP contribution in [0.1, 0.15) is 0 Å². The van der Waals surface area contributed by atoms with Crippen molar-refractivity contribution in [2.75, 3.05) is 11.2 Å². The summed E-state index contributed by atoms with van der Waals surface area (Å²) in [4.78, 5) is 11.9. The van der Waals surface area contributed by atoms with E-state index in [4.69, 9.17) is 11.6 Å². The molecule has 1 heterocycles. The molecule has 6 nitrogen and oxygen atoms in total. The molecule has 0 saturated heterocycles. The fourth-order valence-electron chi connectivity index (χ4n) is 1.17. The largest absolute Gasteiger partial charge is 0.368 e. The number of aromatic nitrogens is 3. The van der Waals surface area contributed by atoms with Crippen LogP contribution >= 0.6 is 0 Å². The second kappa shape index (κ2) is 3.89. The van der Waals surface area contributed by atoms with Crippen molar-refractivity contribution >= 4 is 11.9 Å². The van der Waals surface area contributed by atoms with E-state index in [-0.39, 0.29) is 11.9 Å². The van der Waals surface area contributed by atoms with E-state index >= 15 is 0 Å². The lowest BCUT2D eigenvalue weighted by Crippen LogP contribution is -2.13. The minimum absolute atomic E-state index is 0.136. The van der Waals surface area contributed by atoms with Crippen LogP contribution in [-0.2, 0) is 0 Å². The molecule has 1 aromatic carbocycles. The molecule has 0 unspecified atom stereocenters. The van der Waals surface area contributed by atoms with Gasteiger partial charge in [-0.05, 0) is 0 Å². The Balaban J connectivity index is 2.49. The summed E-state index contributed by atoms with van der Waals surface area (Å²) in [5.41, 5.74) is 8.71. The van der Waals surface area contributed by atoms with Gasteiger partial charge in [0.05, 0.1) is 0 Å². The summed E-state index contributed by atoms with van der Waals surface area (Å²) in [6.07, 6.45) is 0. The highest BCUT2D eigenvalue weighted by atomic mass is 15.3. The highest BCUT2D eigenvalue weighted by Gasteiger charge is 2.04. The third-order valence-electron chi connectivity index (χ3n) is 1.81. The molecule has 0 fully saturated rings. The first-order chi connectivity index (χ1) is 7.29. The van der Waals surface area contributed by atoms with Gasteiger partial charge in [0.15, 0.2) is 5.82 Å². The molecular weight excluding hydrogens is 192 g/mol. The van der Waals surface area contributed by atoms with Crippen LogP contribution in [0.2, 0.25) is 0 Å². The van der Waals surface area contributed by atoms with E-state index in [9.17, 15) is 0 Å². The van der Waals surface area contributed by atoms with Gasteiger partial charge in [-0.15, -0.1) is 0 Å². The number of rotatable bonds is 2. The van der Waals surface area contributed by atoms with Gasteiger partial charge in [-0.3, -0.25) is 5.43 Å². The lowest BCUT2D eigenvalue weighted by atomic mass is 10.2. The first-order valence-electron chi connectivity index (χ1n) is 4.33. The summed E-state index contributed by atoms with van der Waals surface area (Å²) in [7, 11) is 0. The summed E-state index contributed by atoms with van der Waals surface area (Å²) >= 11 is 0. The van der Waals surface area contributed by atoms with Crippen molar-refractivity contribution in [3.05, 3.63) is 30.3 Å². The van der Waals surface area contributed by atoms with Crippen LogP contribution in [0.4, 0.5) is 11.9 Å². The Hall–Kier alpha value is -2.21. The molecule has 0 radical (unpaired) electrons. The first kappa shape index (κ1) is 9.35. The zero-order chi connectivity index (χ0) is 10.7. The first-order valence-corrected chi connectivity index (χ1v) is 4.33. The van der Waals surface area contributed by atoms with Gasteiger partial charge >= 0.3 is 0 Å². The van der Waals surface area contributed by atoms with Crippen molar-refractivity contribution in [1.82, 2.24) is 15.0 Å². The molecule has 15 heavy (non-hydrogen) atoms. The van der Waals surface area contributed by atoms with Gasteiger partial charge in [0, 0.05) is 5.56 Å². The monoisotopic (exact) mass is 202 g/mol. The minimum Gasteiger partial charge on any atom is -0.368 e. The number of anilines is 2. The standard InChI is InChI=1S/C9H10N6/c10-8-12-7(13-9(14-8)15-11)6-4-2-1-3-5-6/h1-5H,11H2,(H3,10,12,13,14,15). The lowest BCUT2D eigenvalue weighted by Gasteiger charge is -2.03. The maximum atomic E-state index is 5.51. The molecule has 5 N–H and O–H groups in total. The third kappa shape index (κ3) is 2.00.